The van der Waals surface area contributed by atoms with Crippen molar-refractivity contribution in [3.8, 4) is 0 Å². The summed E-state index contributed by atoms with van der Waals surface area (Å²) in [6.45, 7) is 1.70. The average Bonchev–Trinajstić information content (AvgIpc) is 2.75. The number of anilines is 2. The third-order valence-electron chi connectivity index (χ3n) is 4.55. The molecule has 0 unspecified atom stereocenters. The van der Waals surface area contributed by atoms with Gasteiger partial charge < -0.3 is 5.32 Å². The standard InChI is InChI=1S/C21H19N3O5S/c1-15-11-12-18(24(26)27)14-20(15)22-21(25)16-7-6-10-19(13-16)30(28,29)23(2)17-8-4-3-5-9-17/h3-14H,1-2H3,(H,22,25). The fourth-order valence-corrected chi connectivity index (χ4v) is 4.03. The molecule has 0 fully saturated rings. The number of benzene rings is 3. The van der Waals surface area contributed by atoms with E-state index in [2.05, 4.69) is 5.32 Å². The summed E-state index contributed by atoms with van der Waals surface area (Å²) in [5.41, 5.74) is 1.37. The Morgan fingerprint density at radius 2 is 1.70 bits per heavy atom. The van der Waals surface area contributed by atoms with Crippen molar-refractivity contribution in [1.82, 2.24) is 0 Å². The second-order valence-corrected chi connectivity index (χ2v) is 8.52. The number of nitro benzene ring substituents is 1. The van der Waals surface area contributed by atoms with Crippen molar-refractivity contribution in [3.63, 3.8) is 0 Å². The van der Waals surface area contributed by atoms with E-state index >= 15 is 0 Å². The van der Waals surface area contributed by atoms with Crippen LogP contribution < -0.4 is 9.62 Å². The highest BCUT2D eigenvalue weighted by Crippen LogP contribution is 2.24. The lowest BCUT2D eigenvalue weighted by atomic mass is 10.1. The van der Waals surface area contributed by atoms with E-state index in [9.17, 15) is 23.3 Å². The number of para-hydroxylation sites is 1. The van der Waals surface area contributed by atoms with Crippen LogP contribution in [0, 0.1) is 17.0 Å². The van der Waals surface area contributed by atoms with E-state index < -0.39 is 20.9 Å². The van der Waals surface area contributed by atoms with Gasteiger partial charge >= 0.3 is 0 Å². The molecule has 3 aromatic rings. The van der Waals surface area contributed by atoms with Crippen LogP contribution in [0.2, 0.25) is 0 Å². The maximum absolute atomic E-state index is 13.0. The molecule has 30 heavy (non-hydrogen) atoms. The van der Waals surface area contributed by atoms with Crippen molar-refractivity contribution in [2.24, 2.45) is 0 Å². The first-order valence-corrected chi connectivity index (χ1v) is 10.3. The van der Waals surface area contributed by atoms with Crippen molar-refractivity contribution in [3.05, 3.63) is 94.0 Å². The zero-order valence-corrected chi connectivity index (χ0v) is 17.1. The number of hydrogen-bond acceptors (Lipinski definition) is 5. The lowest BCUT2D eigenvalue weighted by Crippen LogP contribution is -2.26. The molecule has 0 aliphatic heterocycles. The van der Waals surface area contributed by atoms with Gasteiger partial charge in [0.25, 0.3) is 21.6 Å². The second kappa shape index (κ2) is 8.34. The van der Waals surface area contributed by atoms with Crippen LogP contribution in [0.15, 0.2) is 77.7 Å². The number of non-ortho nitro benzene ring substituents is 1. The normalized spacial score (nSPS) is 11.0. The Labute approximate surface area is 174 Å². The molecule has 9 heteroatoms. The summed E-state index contributed by atoms with van der Waals surface area (Å²) in [5, 5.41) is 13.6. The van der Waals surface area contributed by atoms with Gasteiger partial charge in [-0.25, -0.2) is 8.42 Å². The van der Waals surface area contributed by atoms with Gasteiger partial charge in [0.2, 0.25) is 0 Å². The predicted octanol–water partition coefficient (Wildman–Crippen LogP) is 3.98. The molecule has 0 aliphatic rings. The first-order chi connectivity index (χ1) is 14.2. The third-order valence-corrected chi connectivity index (χ3v) is 6.34. The molecule has 154 valence electrons. The maximum Gasteiger partial charge on any atom is 0.271 e. The number of aryl methyl sites for hydroxylation is 1. The SMILES string of the molecule is Cc1ccc([N+](=O)[O-])cc1NC(=O)c1cccc(S(=O)(=O)N(C)c2ccccc2)c1. The Hall–Kier alpha value is -3.72. The summed E-state index contributed by atoms with van der Waals surface area (Å²) in [4.78, 5) is 23.1. The lowest BCUT2D eigenvalue weighted by Gasteiger charge is -2.19. The molecule has 1 N–H and O–H groups in total. The monoisotopic (exact) mass is 425 g/mol. The summed E-state index contributed by atoms with van der Waals surface area (Å²) in [7, 11) is -2.45. The van der Waals surface area contributed by atoms with Crippen LogP contribution in [0.5, 0.6) is 0 Å². The Bertz CT molecular complexity index is 1210. The minimum absolute atomic E-state index is 0.0442. The fourth-order valence-electron chi connectivity index (χ4n) is 2.79. The van der Waals surface area contributed by atoms with Crippen molar-refractivity contribution in [1.29, 1.82) is 0 Å². The molecule has 0 aromatic heterocycles. The van der Waals surface area contributed by atoms with Gasteiger partial charge in [-0.15, -0.1) is 0 Å². The van der Waals surface area contributed by atoms with Crippen LogP contribution in [0.3, 0.4) is 0 Å². The summed E-state index contributed by atoms with van der Waals surface area (Å²) in [5.74, 6) is -0.571. The quantitative estimate of drug-likeness (QED) is 0.474. The minimum atomic E-state index is -3.88. The van der Waals surface area contributed by atoms with Gasteiger partial charge in [0.1, 0.15) is 0 Å². The molecule has 0 spiro atoms. The van der Waals surface area contributed by atoms with Gasteiger partial charge in [-0.1, -0.05) is 30.3 Å². The number of rotatable bonds is 6. The molecule has 0 radical (unpaired) electrons. The number of nitrogens with one attached hydrogen (secondary N) is 1. The van der Waals surface area contributed by atoms with Crippen LogP contribution in [0.4, 0.5) is 17.1 Å². The highest BCUT2D eigenvalue weighted by Gasteiger charge is 2.22. The number of carbonyl (C=O) groups excluding carboxylic acids is 1. The lowest BCUT2D eigenvalue weighted by molar-refractivity contribution is -0.384. The third kappa shape index (κ3) is 4.31. The molecule has 0 saturated heterocycles. The summed E-state index contributed by atoms with van der Waals surface area (Å²) < 4.78 is 27.1. The zero-order chi connectivity index (χ0) is 21.9. The fraction of sp³-hybridized carbons (Fsp3) is 0.0952. The number of carbonyl (C=O) groups is 1. The van der Waals surface area contributed by atoms with Crippen molar-refractivity contribution in [2.75, 3.05) is 16.7 Å². The van der Waals surface area contributed by atoms with Gasteiger partial charge in [0.05, 0.1) is 21.2 Å². The first kappa shape index (κ1) is 21.0. The Morgan fingerprint density at radius 1 is 1.00 bits per heavy atom. The number of amides is 1. The topological polar surface area (TPSA) is 110 Å². The van der Waals surface area contributed by atoms with Gasteiger partial charge in [-0.3, -0.25) is 19.2 Å². The zero-order valence-electron chi connectivity index (χ0n) is 16.3. The smallest absolute Gasteiger partial charge is 0.271 e. The average molecular weight is 425 g/mol. The van der Waals surface area contributed by atoms with Crippen LogP contribution in [0.1, 0.15) is 15.9 Å². The van der Waals surface area contributed by atoms with Gasteiger partial charge in [0, 0.05) is 24.7 Å². The predicted molar refractivity (Wildman–Crippen MR) is 114 cm³/mol. The molecular weight excluding hydrogens is 406 g/mol. The van der Waals surface area contributed by atoms with Gasteiger partial charge in [-0.2, -0.15) is 0 Å². The van der Waals surface area contributed by atoms with E-state index in [0.29, 0.717) is 11.3 Å². The van der Waals surface area contributed by atoms with Gasteiger partial charge in [-0.05, 0) is 42.8 Å². The van der Waals surface area contributed by atoms with Crippen LogP contribution in [0.25, 0.3) is 0 Å². The van der Waals surface area contributed by atoms with Crippen molar-refractivity contribution < 1.29 is 18.1 Å². The summed E-state index contributed by atoms with van der Waals surface area (Å²) in [6, 6.07) is 18.3. The van der Waals surface area contributed by atoms with E-state index in [4.69, 9.17) is 0 Å². The number of sulfonamides is 1. The van der Waals surface area contributed by atoms with E-state index in [1.807, 2.05) is 0 Å². The number of nitrogens with zero attached hydrogens (tertiary/aromatic N) is 2. The molecule has 0 bridgehead atoms. The van der Waals surface area contributed by atoms with E-state index in [0.717, 1.165) is 4.31 Å². The molecule has 8 nitrogen and oxygen atoms in total. The molecule has 3 aromatic carbocycles. The molecule has 0 atom stereocenters. The highest BCUT2D eigenvalue weighted by atomic mass is 32.2. The van der Waals surface area contributed by atoms with Gasteiger partial charge in [0.15, 0.2) is 0 Å². The number of nitro groups is 1. The van der Waals surface area contributed by atoms with Crippen LogP contribution in [-0.4, -0.2) is 26.3 Å². The molecule has 3 rings (SSSR count). The molecule has 0 heterocycles. The van der Waals surface area contributed by atoms with Crippen LogP contribution >= 0.6 is 0 Å². The largest absolute Gasteiger partial charge is 0.321 e. The number of hydrogen-bond donors (Lipinski definition) is 1. The Kier molecular flexibility index (Phi) is 5.84. The van der Waals surface area contributed by atoms with Crippen LogP contribution in [-0.2, 0) is 10.0 Å². The maximum atomic E-state index is 13.0. The molecule has 0 saturated carbocycles. The van der Waals surface area contributed by atoms with E-state index in [1.54, 1.807) is 37.3 Å². The highest BCUT2D eigenvalue weighted by molar-refractivity contribution is 7.92. The van der Waals surface area contributed by atoms with E-state index in [-0.39, 0.29) is 21.8 Å². The summed E-state index contributed by atoms with van der Waals surface area (Å²) >= 11 is 0. The van der Waals surface area contributed by atoms with Crippen molar-refractivity contribution in [2.45, 2.75) is 11.8 Å². The molecular formula is C21H19N3O5S. The van der Waals surface area contributed by atoms with E-state index in [1.165, 1.54) is 49.5 Å². The Morgan fingerprint density at radius 3 is 2.37 bits per heavy atom. The second-order valence-electron chi connectivity index (χ2n) is 6.55. The first-order valence-electron chi connectivity index (χ1n) is 8.90. The van der Waals surface area contributed by atoms with Crippen molar-refractivity contribution >= 4 is 33.0 Å². The molecule has 1 amide bonds. The minimum Gasteiger partial charge on any atom is -0.321 e. The summed E-state index contributed by atoms with van der Waals surface area (Å²) in [6.07, 6.45) is 0. The Balaban J connectivity index is 1.89. The molecule has 0 aliphatic carbocycles.